The van der Waals surface area contributed by atoms with Gasteiger partial charge < -0.3 is 4.74 Å². The number of hydrogen-bond donors (Lipinski definition) is 1. The summed E-state index contributed by atoms with van der Waals surface area (Å²) < 4.78 is 32.0. The third-order valence-electron chi connectivity index (χ3n) is 3.01. The number of anilines is 1. The second-order valence-corrected chi connectivity index (χ2v) is 7.19. The van der Waals surface area contributed by atoms with Gasteiger partial charge in [0.1, 0.15) is 4.90 Å². The van der Waals surface area contributed by atoms with Crippen molar-refractivity contribution >= 4 is 44.9 Å². The first-order valence-corrected chi connectivity index (χ1v) is 8.65. The topological polar surface area (TPSA) is 72.5 Å². The number of hydrogen-bond acceptors (Lipinski definition) is 4. The lowest BCUT2D eigenvalue weighted by molar-refractivity contribution is 0.0600. The van der Waals surface area contributed by atoms with E-state index in [4.69, 9.17) is 23.2 Å². The fraction of sp³-hybridized carbons (Fsp3) is 0.133. The Morgan fingerprint density at radius 2 is 1.78 bits per heavy atom. The van der Waals surface area contributed by atoms with Gasteiger partial charge in [-0.3, -0.25) is 4.72 Å². The normalized spacial score (nSPS) is 11.1. The maximum absolute atomic E-state index is 12.5. The van der Waals surface area contributed by atoms with Crippen molar-refractivity contribution in [1.29, 1.82) is 0 Å². The first kappa shape index (κ1) is 17.6. The minimum absolute atomic E-state index is 0.0200. The lowest BCUT2D eigenvalue weighted by Gasteiger charge is -2.12. The van der Waals surface area contributed by atoms with Gasteiger partial charge in [0.2, 0.25) is 0 Å². The molecular weight excluding hydrogens is 361 g/mol. The average molecular weight is 374 g/mol. The van der Waals surface area contributed by atoms with Crippen molar-refractivity contribution < 1.29 is 17.9 Å². The van der Waals surface area contributed by atoms with Crippen LogP contribution in [0.3, 0.4) is 0 Å². The molecule has 0 saturated carbocycles. The summed E-state index contributed by atoms with van der Waals surface area (Å²) in [6.07, 6.45) is 0. The molecule has 0 aromatic heterocycles. The number of aryl methyl sites for hydroxylation is 1. The van der Waals surface area contributed by atoms with E-state index in [0.717, 1.165) is 11.6 Å². The highest BCUT2D eigenvalue weighted by Gasteiger charge is 2.21. The molecule has 2 aromatic rings. The highest BCUT2D eigenvalue weighted by Crippen LogP contribution is 2.29. The van der Waals surface area contributed by atoms with Crippen LogP contribution in [-0.2, 0) is 14.8 Å². The SMILES string of the molecule is COC(=O)c1ccc(Cl)c(S(=O)(=O)Nc2ccc(C)cc2Cl)c1. The van der Waals surface area contributed by atoms with E-state index in [-0.39, 0.29) is 26.2 Å². The standard InChI is InChI=1S/C15H13Cl2NO4S/c1-9-3-6-13(12(17)7-9)18-23(20,21)14-8-10(15(19)22-2)4-5-11(14)16/h3-8,18H,1-2H3. The van der Waals surface area contributed by atoms with Crippen LogP contribution in [0.15, 0.2) is 41.3 Å². The number of benzene rings is 2. The summed E-state index contributed by atoms with van der Waals surface area (Å²) in [5, 5.41) is 0.238. The highest BCUT2D eigenvalue weighted by molar-refractivity contribution is 7.92. The molecule has 2 rings (SSSR count). The lowest BCUT2D eigenvalue weighted by atomic mass is 10.2. The molecule has 0 amide bonds. The smallest absolute Gasteiger partial charge is 0.337 e. The summed E-state index contributed by atoms with van der Waals surface area (Å²) in [6, 6.07) is 8.75. The molecule has 1 N–H and O–H groups in total. The summed E-state index contributed by atoms with van der Waals surface area (Å²) in [5.41, 5.74) is 1.19. The molecule has 0 fully saturated rings. The average Bonchev–Trinajstić information content (AvgIpc) is 2.49. The van der Waals surface area contributed by atoms with E-state index in [2.05, 4.69) is 9.46 Å². The fourth-order valence-electron chi connectivity index (χ4n) is 1.86. The molecule has 2 aromatic carbocycles. The largest absolute Gasteiger partial charge is 0.465 e. The maximum atomic E-state index is 12.5. The molecule has 0 radical (unpaired) electrons. The molecule has 0 unspecified atom stereocenters. The van der Waals surface area contributed by atoms with Crippen LogP contribution in [0.4, 0.5) is 5.69 Å². The Labute approximate surface area is 144 Å². The van der Waals surface area contributed by atoms with E-state index in [9.17, 15) is 13.2 Å². The minimum Gasteiger partial charge on any atom is -0.465 e. The summed E-state index contributed by atoms with van der Waals surface area (Å²) in [7, 11) is -2.81. The van der Waals surface area contributed by atoms with E-state index in [1.165, 1.54) is 19.2 Å². The van der Waals surface area contributed by atoms with E-state index in [1.807, 2.05) is 6.92 Å². The molecule has 5 nitrogen and oxygen atoms in total. The van der Waals surface area contributed by atoms with Crippen molar-refractivity contribution in [2.45, 2.75) is 11.8 Å². The number of halogens is 2. The third kappa shape index (κ3) is 3.96. The van der Waals surface area contributed by atoms with Crippen LogP contribution in [0.5, 0.6) is 0 Å². The molecule has 0 bridgehead atoms. The quantitative estimate of drug-likeness (QED) is 0.825. The second-order valence-electron chi connectivity index (χ2n) is 4.73. The predicted molar refractivity (Wildman–Crippen MR) is 89.8 cm³/mol. The maximum Gasteiger partial charge on any atom is 0.337 e. The Morgan fingerprint density at radius 3 is 2.39 bits per heavy atom. The first-order chi connectivity index (χ1) is 10.7. The zero-order chi connectivity index (χ0) is 17.2. The molecule has 0 saturated heterocycles. The number of esters is 1. The second kappa shape index (κ2) is 6.78. The van der Waals surface area contributed by atoms with Gasteiger partial charge in [-0.25, -0.2) is 13.2 Å². The number of carbonyl (C=O) groups excluding carboxylic acids is 1. The number of methoxy groups -OCH3 is 1. The van der Waals surface area contributed by atoms with Gasteiger partial charge in [-0.15, -0.1) is 0 Å². The predicted octanol–water partition coefficient (Wildman–Crippen LogP) is 3.89. The molecule has 8 heteroatoms. The zero-order valence-electron chi connectivity index (χ0n) is 12.3. The zero-order valence-corrected chi connectivity index (χ0v) is 14.6. The van der Waals surface area contributed by atoms with Crippen molar-refractivity contribution in [1.82, 2.24) is 0 Å². The van der Waals surface area contributed by atoms with Gasteiger partial charge in [0, 0.05) is 0 Å². The van der Waals surface area contributed by atoms with Crippen molar-refractivity contribution in [3.05, 3.63) is 57.6 Å². The van der Waals surface area contributed by atoms with Crippen LogP contribution >= 0.6 is 23.2 Å². The van der Waals surface area contributed by atoms with Crippen molar-refractivity contribution in [2.75, 3.05) is 11.8 Å². The van der Waals surface area contributed by atoms with Gasteiger partial charge in [0.25, 0.3) is 10.0 Å². The van der Waals surface area contributed by atoms with Gasteiger partial charge in [0.15, 0.2) is 0 Å². The molecule has 0 aliphatic carbocycles. The Bertz CT molecular complexity index is 866. The van der Waals surface area contributed by atoms with E-state index >= 15 is 0 Å². The summed E-state index contributed by atoms with van der Waals surface area (Å²) in [4.78, 5) is 11.3. The van der Waals surface area contributed by atoms with Crippen LogP contribution in [0.1, 0.15) is 15.9 Å². The molecular formula is C15H13Cl2NO4S. The van der Waals surface area contributed by atoms with E-state index in [0.29, 0.717) is 0 Å². The van der Waals surface area contributed by atoms with Crippen molar-refractivity contribution in [2.24, 2.45) is 0 Å². The lowest BCUT2D eigenvalue weighted by Crippen LogP contribution is -2.15. The van der Waals surface area contributed by atoms with Crippen molar-refractivity contribution in [3.63, 3.8) is 0 Å². The number of sulfonamides is 1. The minimum atomic E-state index is -4.02. The van der Waals surface area contributed by atoms with Gasteiger partial charge in [-0.05, 0) is 42.8 Å². The van der Waals surface area contributed by atoms with Crippen molar-refractivity contribution in [3.8, 4) is 0 Å². The first-order valence-electron chi connectivity index (χ1n) is 6.41. The van der Waals surface area contributed by atoms with Crippen LogP contribution < -0.4 is 4.72 Å². The van der Waals surface area contributed by atoms with Gasteiger partial charge >= 0.3 is 5.97 Å². The Morgan fingerprint density at radius 1 is 1.09 bits per heavy atom. The number of nitrogens with one attached hydrogen (secondary N) is 1. The van der Waals surface area contributed by atoms with E-state index in [1.54, 1.807) is 18.2 Å². The third-order valence-corrected chi connectivity index (χ3v) is 5.17. The molecule has 0 aliphatic heterocycles. The van der Waals surface area contributed by atoms with Crippen LogP contribution in [0.2, 0.25) is 10.0 Å². The van der Waals surface area contributed by atoms with Gasteiger partial charge in [-0.1, -0.05) is 29.3 Å². The summed E-state index contributed by atoms with van der Waals surface area (Å²) in [5.74, 6) is -0.661. The Kier molecular flexibility index (Phi) is 5.19. The van der Waals surface area contributed by atoms with Gasteiger partial charge in [0.05, 0.1) is 28.4 Å². The monoisotopic (exact) mass is 373 g/mol. The van der Waals surface area contributed by atoms with Crippen LogP contribution in [0, 0.1) is 6.92 Å². The number of rotatable bonds is 4. The molecule has 0 spiro atoms. The fourth-order valence-corrected chi connectivity index (χ4v) is 3.80. The Balaban J connectivity index is 2.45. The van der Waals surface area contributed by atoms with E-state index < -0.39 is 16.0 Å². The molecule has 0 aliphatic rings. The number of ether oxygens (including phenoxy) is 1. The molecule has 0 heterocycles. The summed E-state index contributed by atoms with van der Waals surface area (Å²) in [6.45, 7) is 1.83. The highest BCUT2D eigenvalue weighted by atomic mass is 35.5. The Hall–Kier alpha value is -1.76. The van der Waals surface area contributed by atoms with Crippen LogP contribution in [-0.4, -0.2) is 21.5 Å². The molecule has 0 atom stereocenters. The van der Waals surface area contributed by atoms with Crippen LogP contribution in [0.25, 0.3) is 0 Å². The molecule has 23 heavy (non-hydrogen) atoms. The number of carbonyl (C=O) groups is 1. The molecule has 122 valence electrons. The summed E-state index contributed by atoms with van der Waals surface area (Å²) >= 11 is 12.0. The van der Waals surface area contributed by atoms with Gasteiger partial charge in [-0.2, -0.15) is 0 Å².